The van der Waals surface area contributed by atoms with Gasteiger partial charge in [-0.3, -0.25) is 14.6 Å². The van der Waals surface area contributed by atoms with Crippen LogP contribution in [0.5, 0.6) is 0 Å². The van der Waals surface area contributed by atoms with Crippen molar-refractivity contribution in [2.24, 2.45) is 0 Å². The molecule has 5 heteroatoms. The molecule has 0 aliphatic carbocycles. The minimum absolute atomic E-state index is 0.0967. The zero-order chi connectivity index (χ0) is 18.4. The number of halogens is 1. The molecule has 138 valence electrons. The third-order valence-corrected chi connectivity index (χ3v) is 5.14. The number of nitrogens with zero attached hydrogens (tertiary/aromatic N) is 2. The minimum Gasteiger partial charge on any atom is -0.351 e. The van der Waals surface area contributed by atoms with E-state index in [-0.39, 0.29) is 5.91 Å². The first-order chi connectivity index (χ1) is 12.6. The van der Waals surface area contributed by atoms with Gasteiger partial charge in [-0.25, -0.2) is 0 Å². The van der Waals surface area contributed by atoms with Gasteiger partial charge in [0, 0.05) is 44.3 Å². The summed E-state index contributed by atoms with van der Waals surface area (Å²) in [5.74, 6) is 0.0967. The highest BCUT2D eigenvalue weighted by Crippen LogP contribution is 2.13. The van der Waals surface area contributed by atoms with Crippen molar-refractivity contribution in [3.8, 4) is 0 Å². The van der Waals surface area contributed by atoms with Gasteiger partial charge in [-0.15, -0.1) is 0 Å². The van der Waals surface area contributed by atoms with Crippen LogP contribution in [0.2, 0.25) is 5.02 Å². The predicted molar refractivity (Wildman–Crippen MR) is 106 cm³/mol. The Morgan fingerprint density at radius 1 is 1.00 bits per heavy atom. The Morgan fingerprint density at radius 3 is 2.35 bits per heavy atom. The van der Waals surface area contributed by atoms with Crippen molar-refractivity contribution in [3.05, 3.63) is 70.2 Å². The molecule has 0 atom stereocenters. The maximum absolute atomic E-state index is 12.2. The molecule has 0 unspecified atom stereocenters. The molecular weight excluding hydrogens is 346 g/mol. The number of carbonyl (C=O) groups is 1. The van der Waals surface area contributed by atoms with E-state index in [0.29, 0.717) is 13.1 Å². The summed E-state index contributed by atoms with van der Waals surface area (Å²) in [6.45, 7) is 7.88. The van der Waals surface area contributed by atoms with Crippen LogP contribution in [0.15, 0.2) is 48.5 Å². The van der Waals surface area contributed by atoms with Crippen LogP contribution >= 0.6 is 11.6 Å². The van der Waals surface area contributed by atoms with Gasteiger partial charge in [-0.05, 0) is 35.7 Å². The summed E-state index contributed by atoms with van der Waals surface area (Å²) in [7, 11) is 0. The van der Waals surface area contributed by atoms with Crippen LogP contribution in [0.4, 0.5) is 0 Å². The number of aryl methyl sites for hydroxylation is 1. The summed E-state index contributed by atoms with van der Waals surface area (Å²) in [5, 5.41) is 3.81. The molecule has 2 aromatic carbocycles. The quantitative estimate of drug-likeness (QED) is 0.847. The molecule has 1 aliphatic heterocycles. The number of amides is 1. The van der Waals surface area contributed by atoms with Crippen LogP contribution in [0.25, 0.3) is 0 Å². The zero-order valence-electron chi connectivity index (χ0n) is 15.2. The number of hydrogen-bond donors (Lipinski definition) is 1. The second-order valence-corrected chi connectivity index (χ2v) is 7.32. The average Bonchev–Trinajstić information content (AvgIpc) is 2.64. The molecule has 1 saturated heterocycles. The Hall–Kier alpha value is -1.88. The molecule has 0 spiro atoms. The lowest BCUT2D eigenvalue weighted by Gasteiger charge is -2.34. The summed E-state index contributed by atoms with van der Waals surface area (Å²) in [6.07, 6.45) is 0. The van der Waals surface area contributed by atoms with E-state index in [1.807, 2.05) is 24.3 Å². The Bertz CT molecular complexity index is 724. The molecule has 4 nitrogen and oxygen atoms in total. The standard InChI is InChI=1S/C21H26ClN3O/c1-17-4-2-3-5-19(17)14-23-21(26)16-25-12-10-24(11-13-25)15-18-6-8-20(22)9-7-18/h2-9H,10-16H2,1H3,(H,23,26). The van der Waals surface area contributed by atoms with Gasteiger partial charge in [0.05, 0.1) is 6.54 Å². The summed E-state index contributed by atoms with van der Waals surface area (Å²) in [4.78, 5) is 16.9. The maximum Gasteiger partial charge on any atom is 0.234 e. The van der Waals surface area contributed by atoms with E-state index in [2.05, 4.69) is 46.3 Å². The van der Waals surface area contributed by atoms with E-state index in [4.69, 9.17) is 11.6 Å². The molecule has 3 rings (SSSR count). The molecule has 2 aromatic rings. The minimum atomic E-state index is 0.0967. The number of hydrogen-bond acceptors (Lipinski definition) is 3. The van der Waals surface area contributed by atoms with Gasteiger partial charge in [0.1, 0.15) is 0 Å². The van der Waals surface area contributed by atoms with Gasteiger partial charge < -0.3 is 5.32 Å². The van der Waals surface area contributed by atoms with Crippen LogP contribution in [0.1, 0.15) is 16.7 Å². The summed E-state index contributed by atoms with van der Waals surface area (Å²) in [5.41, 5.74) is 3.66. The molecule has 0 saturated carbocycles. The fraction of sp³-hybridized carbons (Fsp3) is 0.381. The second kappa shape index (κ2) is 9.17. The van der Waals surface area contributed by atoms with E-state index in [9.17, 15) is 4.79 Å². The molecule has 0 aromatic heterocycles. The largest absolute Gasteiger partial charge is 0.351 e. The first-order valence-corrected chi connectivity index (χ1v) is 9.48. The van der Waals surface area contributed by atoms with E-state index < -0.39 is 0 Å². The highest BCUT2D eigenvalue weighted by Gasteiger charge is 2.19. The number of nitrogens with one attached hydrogen (secondary N) is 1. The number of rotatable bonds is 6. The van der Waals surface area contributed by atoms with E-state index >= 15 is 0 Å². The molecular formula is C21H26ClN3O. The molecule has 1 amide bonds. The van der Waals surface area contributed by atoms with Crippen molar-refractivity contribution in [3.63, 3.8) is 0 Å². The van der Waals surface area contributed by atoms with Gasteiger partial charge in [0.2, 0.25) is 5.91 Å². The van der Waals surface area contributed by atoms with Crippen molar-refractivity contribution < 1.29 is 4.79 Å². The average molecular weight is 372 g/mol. The fourth-order valence-corrected chi connectivity index (χ4v) is 3.34. The lowest BCUT2D eigenvalue weighted by Crippen LogP contribution is -2.49. The first kappa shape index (κ1) is 18.9. The van der Waals surface area contributed by atoms with Gasteiger partial charge in [0.15, 0.2) is 0 Å². The van der Waals surface area contributed by atoms with E-state index in [1.165, 1.54) is 16.7 Å². The molecule has 0 bridgehead atoms. The van der Waals surface area contributed by atoms with Crippen LogP contribution in [-0.4, -0.2) is 48.4 Å². The van der Waals surface area contributed by atoms with Crippen molar-refractivity contribution in [2.45, 2.75) is 20.0 Å². The van der Waals surface area contributed by atoms with E-state index in [1.54, 1.807) is 0 Å². The topological polar surface area (TPSA) is 35.6 Å². The van der Waals surface area contributed by atoms with Crippen molar-refractivity contribution in [1.29, 1.82) is 0 Å². The summed E-state index contributed by atoms with van der Waals surface area (Å²) in [6, 6.07) is 16.2. The third kappa shape index (κ3) is 5.56. The van der Waals surface area contributed by atoms with Gasteiger partial charge in [-0.1, -0.05) is 48.0 Å². The summed E-state index contributed by atoms with van der Waals surface area (Å²) >= 11 is 5.94. The molecule has 1 aliphatic rings. The number of benzene rings is 2. The molecule has 0 radical (unpaired) electrons. The Labute approximate surface area is 160 Å². The lowest BCUT2D eigenvalue weighted by molar-refractivity contribution is -0.122. The highest BCUT2D eigenvalue weighted by molar-refractivity contribution is 6.30. The number of carbonyl (C=O) groups excluding carboxylic acids is 1. The second-order valence-electron chi connectivity index (χ2n) is 6.88. The normalized spacial score (nSPS) is 15.8. The molecule has 26 heavy (non-hydrogen) atoms. The lowest BCUT2D eigenvalue weighted by atomic mass is 10.1. The van der Waals surface area contributed by atoms with Crippen molar-refractivity contribution in [2.75, 3.05) is 32.7 Å². The highest BCUT2D eigenvalue weighted by atomic mass is 35.5. The molecule has 1 fully saturated rings. The maximum atomic E-state index is 12.2. The molecule has 1 heterocycles. The SMILES string of the molecule is Cc1ccccc1CNC(=O)CN1CCN(Cc2ccc(Cl)cc2)CC1. The first-order valence-electron chi connectivity index (χ1n) is 9.10. The summed E-state index contributed by atoms with van der Waals surface area (Å²) < 4.78 is 0. The van der Waals surface area contributed by atoms with E-state index in [0.717, 1.165) is 37.7 Å². The van der Waals surface area contributed by atoms with Crippen LogP contribution in [0.3, 0.4) is 0 Å². The zero-order valence-corrected chi connectivity index (χ0v) is 16.0. The van der Waals surface area contributed by atoms with Gasteiger partial charge >= 0.3 is 0 Å². The Kier molecular flexibility index (Phi) is 6.67. The van der Waals surface area contributed by atoms with Crippen molar-refractivity contribution in [1.82, 2.24) is 15.1 Å². The Morgan fingerprint density at radius 2 is 1.65 bits per heavy atom. The predicted octanol–water partition coefficient (Wildman–Crippen LogP) is 3.08. The van der Waals surface area contributed by atoms with Crippen LogP contribution < -0.4 is 5.32 Å². The van der Waals surface area contributed by atoms with Crippen molar-refractivity contribution >= 4 is 17.5 Å². The van der Waals surface area contributed by atoms with Crippen LogP contribution in [0, 0.1) is 6.92 Å². The number of piperazine rings is 1. The third-order valence-electron chi connectivity index (χ3n) is 4.89. The van der Waals surface area contributed by atoms with Gasteiger partial charge in [0.25, 0.3) is 0 Å². The molecule has 1 N–H and O–H groups in total. The van der Waals surface area contributed by atoms with Gasteiger partial charge in [-0.2, -0.15) is 0 Å². The Balaban J connectivity index is 1.38. The van der Waals surface area contributed by atoms with Crippen LogP contribution in [-0.2, 0) is 17.9 Å². The fourth-order valence-electron chi connectivity index (χ4n) is 3.21. The monoisotopic (exact) mass is 371 g/mol. The smallest absolute Gasteiger partial charge is 0.234 e.